The van der Waals surface area contributed by atoms with Crippen LogP contribution in [0.4, 0.5) is 0 Å². The third kappa shape index (κ3) is 3.32. The van der Waals surface area contributed by atoms with Gasteiger partial charge in [-0.3, -0.25) is 9.48 Å². The fourth-order valence-electron chi connectivity index (χ4n) is 2.77. The maximum atomic E-state index is 12.4. The van der Waals surface area contributed by atoms with E-state index in [1.807, 2.05) is 26.0 Å². The molecule has 0 aliphatic carbocycles. The summed E-state index contributed by atoms with van der Waals surface area (Å²) in [5.74, 6) is 0. The number of pyridine rings is 1. The Morgan fingerprint density at radius 3 is 2.83 bits per heavy atom. The number of aromatic nitrogens is 4. The molecule has 0 amide bonds. The standard InChI is InChI=1S/C17H21N5O/c1-11-4-5-12(2)17-16(11)15(23)6-14(21-17)7-19-13(3)8-22-10-18-9-20-22/h4-6,9-10,13,19H,7-8H2,1-3H3,(H,21,23)/t13-/m1/s1. The molecule has 0 spiro atoms. The molecule has 0 bridgehead atoms. The molecule has 0 aliphatic heterocycles. The maximum Gasteiger partial charge on any atom is 0.189 e. The maximum absolute atomic E-state index is 12.4. The SMILES string of the molecule is Cc1ccc(C)c2c(=O)cc(CN[C@H](C)Cn3cncn3)[nH]c12. The van der Waals surface area contributed by atoms with E-state index in [0.717, 1.165) is 34.3 Å². The Balaban J connectivity index is 1.78. The molecular formula is C17H21N5O. The fraction of sp³-hybridized carbons (Fsp3) is 0.353. The first-order chi connectivity index (χ1) is 11.0. The number of nitrogens with one attached hydrogen (secondary N) is 2. The second-order valence-electron chi connectivity index (χ2n) is 6.01. The van der Waals surface area contributed by atoms with E-state index in [0.29, 0.717) is 6.54 Å². The molecule has 2 N–H and O–H groups in total. The number of benzene rings is 1. The van der Waals surface area contributed by atoms with Gasteiger partial charge in [0.25, 0.3) is 0 Å². The van der Waals surface area contributed by atoms with Gasteiger partial charge in [-0.1, -0.05) is 12.1 Å². The highest BCUT2D eigenvalue weighted by molar-refractivity contribution is 5.84. The predicted octanol–water partition coefficient (Wildman–Crippen LogP) is 1.91. The molecule has 0 radical (unpaired) electrons. The van der Waals surface area contributed by atoms with E-state index in [9.17, 15) is 4.79 Å². The summed E-state index contributed by atoms with van der Waals surface area (Å²) in [4.78, 5) is 19.7. The second-order valence-corrected chi connectivity index (χ2v) is 6.01. The Hall–Kier alpha value is -2.47. The summed E-state index contributed by atoms with van der Waals surface area (Å²) >= 11 is 0. The predicted molar refractivity (Wildman–Crippen MR) is 90.4 cm³/mol. The number of aromatic amines is 1. The number of rotatable bonds is 5. The number of hydrogen-bond acceptors (Lipinski definition) is 4. The average molecular weight is 311 g/mol. The Labute approximate surface area is 134 Å². The molecule has 1 aromatic carbocycles. The minimum atomic E-state index is 0.0701. The highest BCUT2D eigenvalue weighted by atomic mass is 16.1. The van der Waals surface area contributed by atoms with Gasteiger partial charge in [0, 0.05) is 29.7 Å². The van der Waals surface area contributed by atoms with Crippen molar-refractivity contribution in [3.8, 4) is 0 Å². The molecule has 0 fully saturated rings. The van der Waals surface area contributed by atoms with Gasteiger partial charge in [-0.15, -0.1) is 0 Å². The van der Waals surface area contributed by atoms with Crippen molar-refractivity contribution in [3.05, 3.63) is 57.9 Å². The Bertz CT molecular complexity index is 867. The molecule has 1 atom stereocenters. The van der Waals surface area contributed by atoms with Gasteiger partial charge in [-0.2, -0.15) is 5.10 Å². The molecule has 0 saturated heterocycles. The van der Waals surface area contributed by atoms with Gasteiger partial charge in [-0.05, 0) is 31.9 Å². The number of fused-ring (bicyclic) bond motifs is 1. The van der Waals surface area contributed by atoms with E-state index in [1.165, 1.54) is 6.33 Å². The molecule has 120 valence electrons. The van der Waals surface area contributed by atoms with Crippen LogP contribution in [0.25, 0.3) is 10.9 Å². The largest absolute Gasteiger partial charge is 0.357 e. The Morgan fingerprint density at radius 2 is 2.09 bits per heavy atom. The summed E-state index contributed by atoms with van der Waals surface area (Å²) in [7, 11) is 0. The molecule has 6 heteroatoms. The molecule has 2 aromatic heterocycles. The van der Waals surface area contributed by atoms with Crippen molar-refractivity contribution in [3.63, 3.8) is 0 Å². The van der Waals surface area contributed by atoms with Gasteiger partial charge < -0.3 is 10.3 Å². The van der Waals surface area contributed by atoms with Crippen LogP contribution < -0.4 is 10.7 Å². The fourth-order valence-corrected chi connectivity index (χ4v) is 2.77. The zero-order chi connectivity index (χ0) is 16.4. The van der Waals surface area contributed by atoms with Crippen molar-refractivity contribution >= 4 is 10.9 Å². The van der Waals surface area contributed by atoms with E-state index >= 15 is 0 Å². The van der Waals surface area contributed by atoms with Crippen molar-refractivity contribution in [2.75, 3.05) is 0 Å². The van der Waals surface area contributed by atoms with Crippen molar-refractivity contribution in [1.82, 2.24) is 25.1 Å². The Morgan fingerprint density at radius 1 is 1.30 bits per heavy atom. The lowest BCUT2D eigenvalue weighted by Gasteiger charge is -2.14. The lowest BCUT2D eigenvalue weighted by atomic mass is 10.0. The molecule has 23 heavy (non-hydrogen) atoms. The van der Waals surface area contributed by atoms with Crippen LogP contribution in [-0.2, 0) is 13.1 Å². The molecule has 3 aromatic rings. The van der Waals surface area contributed by atoms with Gasteiger partial charge in [0.05, 0.1) is 12.1 Å². The van der Waals surface area contributed by atoms with Crippen molar-refractivity contribution in [2.24, 2.45) is 0 Å². The van der Waals surface area contributed by atoms with Gasteiger partial charge in [0.2, 0.25) is 0 Å². The number of nitrogens with zero attached hydrogens (tertiary/aromatic N) is 3. The number of H-pyrrole nitrogens is 1. The molecule has 0 saturated carbocycles. The summed E-state index contributed by atoms with van der Waals surface area (Å²) in [5.41, 5.74) is 3.98. The normalized spacial score (nSPS) is 12.7. The van der Waals surface area contributed by atoms with Crippen molar-refractivity contribution in [1.29, 1.82) is 0 Å². The average Bonchev–Trinajstić information content (AvgIpc) is 3.01. The minimum absolute atomic E-state index is 0.0701. The van der Waals surface area contributed by atoms with E-state index in [2.05, 4.69) is 27.3 Å². The monoisotopic (exact) mass is 311 g/mol. The van der Waals surface area contributed by atoms with Crippen LogP contribution in [0, 0.1) is 13.8 Å². The summed E-state index contributed by atoms with van der Waals surface area (Å²) in [6, 6.07) is 5.93. The zero-order valence-electron chi connectivity index (χ0n) is 13.6. The minimum Gasteiger partial charge on any atom is -0.357 e. The zero-order valence-corrected chi connectivity index (χ0v) is 13.6. The van der Waals surface area contributed by atoms with E-state index in [4.69, 9.17) is 0 Å². The molecular weight excluding hydrogens is 290 g/mol. The third-order valence-electron chi connectivity index (χ3n) is 4.03. The van der Waals surface area contributed by atoms with Crippen LogP contribution in [0.2, 0.25) is 0 Å². The van der Waals surface area contributed by atoms with Crippen LogP contribution in [-0.4, -0.2) is 25.8 Å². The second kappa shape index (κ2) is 6.34. The lowest BCUT2D eigenvalue weighted by Crippen LogP contribution is -2.30. The highest BCUT2D eigenvalue weighted by Crippen LogP contribution is 2.17. The van der Waals surface area contributed by atoms with Crippen LogP contribution >= 0.6 is 0 Å². The van der Waals surface area contributed by atoms with Gasteiger partial charge in [0.1, 0.15) is 12.7 Å². The van der Waals surface area contributed by atoms with Crippen molar-refractivity contribution in [2.45, 2.75) is 39.9 Å². The van der Waals surface area contributed by atoms with E-state index in [-0.39, 0.29) is 11.5 Å². The number of hydrogen-bond donors (Lipinski definition) is 2. The molecule has 3 rings (SSSR count). The first-order valence-corrected chi connectivity index (χ1v) is 7.72. The van der Waals surface area contributed by atoms with Crippen LogP contribution in [0.5, 0.6) is 0 Å². The first kappa shape index (κ1) is 15.4. The smallest absolute Gasteiger partial charge is 0.189 e. The lowest BCUT2D eigenvalue weighted by molar-refractivity contribution is 0.448. The quantitative estimate of drug-likeness (QED) is 0.755. The molecule has 2 heterocycles. The molecule has 0 aliphatic rings. The Kier molecular flexibility index (Phi) is 4.25. The van der Waals surface area contributed by atoms with E-state index in [1.54, 1.807) is 17.1 Å². The summed E-state index contributed by atoms with van der Waals surface area (Å²) in [5, 5.41) is 8.28. The van der Waals surface area contributed by atoms with Gasteiger partial charge in [0.15, 0.2) is 5.43 Å². The third-order valence-corrected chi connectivity index (χ3v) is 4.03. The summed E-state index contributed by atoms with van der Waals surface area (Å²) in [6.45, 7) is 7.40. The summed E-state index contributed by atoms with van der Waals surface area (Å²) < 4.78 is 1.79. The molecule has 0 unspecified atom stereocenters. The molecule has 6 nitrogen and oxygen atoms in total. The number of aryl methyl sites for hydroxylation is 2. The highest BCUT2D eigenvalue weighted by Gasteiger charge is 2.08. The summed E-state index contributed by atoms with van der Waals surface area (Å²) in [6.07, 6.45) is 3.22. The van der Waals surface area contributed by atoms with Gasteiger partial charge >= 0.3 is 0 Å². The van der Waals surface area contributed by atoms with E-state index < -0.39 is 0 Å². The van der Waals surface area contributed by atoms with Crippen LogP contribution in [0.3, 0.4) is 0 Å². The van der Waals surface area contributed by atoms with Crippen LogP contribution in [0.15, 0.2) is 35.6 Å². The van der Waals surface area contributed by atoms with Crippen molar-refractivity contribution < 1.29 is 0 Å². The van der Waals surface area contributed by atoms with Gasteiger partial charge in [-0.25, -0.2) is 4.98 Å². The topological polar surface area (TPSA) is 75.6 Å². The van der Waals surface area contributed by atoms with Crippen LogP contribution in [0.1, 0.15) is 23.7 Å². The first-order valence-electron chi connectivity index (χ1n) is 7.72.